The van der Waals surface area contributed by atoms with Crippen molar-refractivity contribution < 1.29 is 19.1 Å². The average Bonchev–Trinajstić information content (AvgIpc) is 2.81. The number of benzene rings is 2. The molecule has 3 rings (SSSR count). The Morgan fingerprint density at radius 3 is 2.46 bits per heavy atom. The Morgan fingerprint density at radius 2 is 1.83 bits per heavy atom. The second-order valence-corrected chi connectivity index (χ2v) is 8.38. The number of allylic oxidation sites excluding steroid dienone is 1. The van der Waals surface area contributed by atoms with Gasteiger partial charge in [-0.1, -0.05) is 25.1 Å². The Balaban J connectivity index is 1.80. The molecule has 1 heterocycles. The minimum Gasteiger partial charge on any atom is -0.459 e. The average molecular weight is 476 g/mol. The molecule has 0 radical (unpaired) electrons. The molecule has 2 aromatic rings. The van der Waals surface area contributed by atoms with Gasteiger partial charge in [-0.3, -0.25) is 4.90 Å². The van der Waals surface area contributed by atoms with Gasteiger partial charge in [-0.2, -0.15) is 5.26 Å². The molecule has 9 nitrogen and oxygen atoms in total. The van der Waals surface area contributed by atoms with Crippen LogP contribution in [0.3, 0.4) is 0 Å². The van der Waals surface area contributed by atoms with E-state index in [4.69, 9.17) is 10.00 Å². The molecule has 4 amide bonds. The maximum atomic E-state index is 12.9. The highest BCUT2D eigenvalue weighted by atomic mass is 16.5. The third kappa shape index (κ3) is 6.18. The van der Waals surface area contributed by atoms with Crippen molar-refractivity contribution in [3.63, 3.8) is 0 Å². The molecule has 35 heavy (non-hydrogen) atoms. The van der Waals surface area contributed by atoms with Crippen LogP contribution in [0.1, 0.15) is 51.3 Å². The fourth-order valence-corrected chi connectivity index (χ4v) is 3.78. The third-order valence-corrected chi connectivity index (χ3v) is 5.36. The number of hydrogen-bond donors (Lipinski definition) is 3. The van der Waals surface area contributed by atoms with E-state index in [2.05, 4.69) is 16.0 Å². The van der Waals surface area contributed by atoms with Crippen molar-refractivity contribution in [1.82, 2.24) is 10.2 Å². The third-order valence-electron chi connectivity index (χ3n) is 5.36. The molecule has 1 aliphatic heterocycles. The molecule has 0 aliphatic carbocycles. The van der Waals surface area contributed by atoms with Crippen LogP contribution in [0.25, 0.3) is 0 Å². The van der Waals surface area contributed by atoms with Gasteiger partial charge in [-0.05, 0) is 63.1 Å². The van der Waals surface area contributed by atoms with E-state index in [-0.39, 0.29) is 12.1 Å². The molecule has 1 aliphatic rings. The number of nitrogens with one attached hydrogen (secondary N) is 3. The quantitative estimate of drug-likeness (QED) is 0.491. The lowest BCUT2D eigenvalue weighted by Gasteiger charge is -2.35. The first-order valence-electron chi connectivity index (χ1n) is 11.4. The van der Waals surface area contributed by atoms with Crippen LogP contribution in [0, 0.1) is 11.3 Å². The molecular weight excluding hydrogens is 446 g/mol. The van der Waals surface area contributed by atoms with Gasteiger partial charge in [0.05, 0.1) is 29.4 Å². The van der Waals surface area contributed by atoms with Crippen LogP contribution in [0.5, 0.6) is 0 Å². The number of esters is 1. The van der Waals surface area contributed by atoms with Crippen molar-refractivity contribution in [2.75, 3.05) is 17.2 Å². The number of rotatable bonds is 7. The molecule has 1 unspecified atom stereocenters. The maximum absolute atomic E-state index is 12.9. The highest BCUT2D eigenvalue weighted by Gasteiger charge is 2.36. The zero-order valence-electron chi connectivity index (χ0n) is 20.2. The SMILES string of the molecule is CCCN1C(=O)NC(c2ccc(NC(=O)Nc3cccc(C#N)c3)cc2)C(C(=O)OC(C)C)=C1C. The van der Waals surface area contributed by atoms with Gasteiger partial charge in [-0.15, -0.1) is 0 Å². The summed E-state index contributed by atoms with van der Waals surface area (Å²) in [5.41, 5.74) is 3.07. The molecule has 9 heteroatoms. The second-order valence-electron chi connectivity index (χ2n) is 8.38. The van der Waals surface area contributed by atoms with Gasteiger partial charge in [0.25, 0.3) is 0 Å². The largest absolute Gasteiger partial charge is 0.459 e. The van der Waals surface area contributed by atoms with Gasteiger partial charge in [0, 0.05) is 23.6 Å². The Labute approximate surface area is 204 Å². The van der Waals surface area contributed by atoms with Gasteiger partial charge in [0.15, 0.2) is 0 Å². The van der Waals surface area contributed by atoms with Crippen molar-refractivity contribution in [2.45, 2.75) is 46.3 Å². The van der Waals surface area contributed by atoms with E-state index in [1.54, 1.807) is 74.2 Å². The molecule has 0 fully saturated rings. The van der Waals surface area contributed by atoms with Crippen LogP contribution in [0.4, 0.5) is 21.0 Å². The second kappa shape index (κ2) is 11.2. The summed E-state index contributed by atoms with van der Waals surface area (Å²) in [6.45, 7) is 7.74. The van der Waals surface area contributed by atoms with E-state index in [9.17, 15) is 14.4 Å². The molecule has 1 atom stereocenters. The van der Waals surface area contributed by atoms with Crippen LogP contribution in [0.15, 0.2) is 59.8 Å². The van der Waals surface area contributed by atoms with Crippen LogP contribution < -0.4 is 16.0 Å². The Kier molecular flexibility index (Phi) is 8.10. The van der Waals surface area contributed by atoms with Gasteiger partial charge >= 0.3 is 18.0 Å². The molecule has 0 spiro atoms. The molecule has 182 valence electrons. The van der Waals surface area contributed by atoms with E-state index in [0.717, 1.165) is 6.42 Å². The Bertz CT molecular complexity index is 1180. The number of nitriles is 1. The fraction of sp³-hybridized carbons (Fsp3) is 0.308. The number of carbonyl (C=O) groups excluding carboxylic acids is 3. The Morgan fingerprint density at radius 1 is 1.14 bits per heavy atom. The maximum Gasteiger partial charge on any atom is 0.338 e. The fourth-order valence-electron chi connectivity index (χ4n) is 3.78. The standard InChI is InChI=1S/C26H29N5O4/c1-5-13-31-17(4)22(24(32)35-16(2)3)23(30-26(31)34)19-9-11-20(12-10-19)28-25(33)29-21-8-6-7-18(14-21)15-27/h6-12,14,16,23H,5,13H2,1-4H3,(H,30,34)(H2,28,29,33). The lowest BCUT2D eigenvalue weighted by molar-refractivity contribution is -0.143. The van der Waals surface area contributed by atoms with Crippen molar-refractivity contribution >= 4 is 29.4 Å². The number of hydrogen-bond acceptors (Lipinski definition) is 5. The lowest BCUT2D eigenvalue weighted by Crippen LogP contribution is -2.48. The summed E-state index contributed by atoms with van der Waals surface area (Å²) in [5, 5.41) is 17.3. The topological polar surface area (TPSA) is 124 Å². The molecule has 0 saturated carbocycles. The van der Waals surface area contributed by atoms with Crippen molar-refractivity contribution in [3.8, 4) is 6.07 Å². The number of nitrogens with zero attached hydrogens (tertiary/aromatic N) is 2. The minimum absolute atomic E-state index is 0.281. The summed E-state index contributed by atoms with van der Waals surface area (Å²) in [5.74, 6) is -0.482. The van der Waals surface area contributed by atoms with Gasteiger partial charge in [-0.25, -0.2) is 14.4 Å². The molecular formula is C26H29N5O4. The van der Waals surface area contributed by atoms with Crippen LogP contribution >= 0.6 is 0 Å². The number of amides is 4. The van der Waals surface area contributed by atoms with E-state index in [1.165, 1.54) is 0 Å². The molecule has 2 aromatic carbocycles. The monoisotopic (exact) mass is 475 g/mol. The van der Waals surface area contributed by atoms with Crippen LogP contribution in [-0.2, 0) is 9.53 Å². The van der Waals surface area contributed by atoms with Crippen molar-refractivity contribution in [1.29, 1.82) is 5.26 Å². The molecule has 0 saturated heterocycles. The van der Waals surface area contributed by atoms with Crippen LogP contribution in [-0.4, -0.2) is 35.6 Å². The zero-order valence-corrected chi connectivity index (χ0v) is 20.2. The first-order valence-corrected chi connectivity index (χ1v) is 11.4. The highest BCUT2D eigenvalue weighted by Crippen LogP contribution is 2.32. The van der Waals surface area contributed by atoms with Crippen LogP contribution in [0.2, 0.25) is 0 Å². The highest BCUT2D eigenvalue weighted by molar-refractivity contribution is 6.00. The van der Waals surface area contributed by atoms with E-state index >= 15 is 0 Å². The predicted octanol–water partition coefficient (Wildman–Crippen LogP) is 4.90. The van der Waals surface area contributed by atoms with Crippen molar-refractivity contribution in [3.05, 3.63) is 70.9 Å². The number of ether oxygens (including phenoxy) is 1. The Hall–Kier alpha value is -4.32. The summed E-state index contributed by atoms with van der Waals surface area (Å²) in [6.07, 6.45) is 0.435. The summed E-state index contributed by atoms with van der Waals surface area (Å²) < 4.78 is 5.46. The summed E-state index contributed by atoms with van der Waals surface area (Å²) in [4.78, 5) is 39.6. The number of urea groups is 2. The summed E-state index contributed by atoms with van der Waals surface area (Å²) >= 11 is 0. The van der Waals surface area contributed by atoms with Crippen molar-refractivity contribution in [2.24, 2.45) is 0 Å². The van der Waals surface area contributed by atoms with Gasteiger partial charge in [0.2, 0.25) is 0 Å². The first-order chi connectivity index (χ1) is 16.7. The van der Waals surface area contributed by atoms with Gasteiger partial charge in [0.1, 0.15) is 0 Å². The molecule has 0 aromatic heterocycles. The summed E-state index contributed by atoms with van der Waals surface area (Å²) in [7, 11) is 0. The molecule has 3 N–H and O–H groups in total. The lowest BCUT2D eigenvalue weighted by atomic mass is 9.94. The minimum atomic E-state index is -0.682. The zero-order chi connectivity index (χ0) is 25.5. The predicted molar refractivity (Wildman–Crippen MR) is 132 cm³/mol. The summed E-state index contributed by atoms with van der Waals surface area (Å²) in [6, 6.07) is 14.0. The number of carbonyl (C=O) groups is 3. The van der Waals surface area contributed by atoms with Gasteiger partial charge < -0.3 is 20.7 Å². The van der Waals surface area contributed by atoms with E-state index < -0.39 is 18.0 Å². The smallest absolute Gasteiger partial charge is 0.338 e. The first kappa shape index (κ1) is 25.3. The number of anilines is 2. The van der Waals surface area contributed by atoms with E-state index in [1.807, 2.05) is 13.0 Å². The normalized spacial score (nSPS) is 15.4. The molecule has 0 bridgehead atoms. The van der Waals surface area contributed by atoms with E-state index in [0.29, 0.717) is 40.3 Å².